The van der Waals surface area contributed by atoms with Crippen molar-refractivity contribution in [1.82, 2.24) is 9.97 Å². The van der Waals surface area contributed by atoms with Crippen LogP contribution in [0, 0.1) is 19.8 Å². The molecule has 2 aromatic rings. The maximum Gasteiger partial charge on any atom is 0.305 e. The summed E-state index contributed by atoms with van der Waals surface area (Å²) in [7, 11) is 0. The first-order valence-electron chi connectivity index (χ1n) is 6.59. The maximum absolute atomic E-state index is 11.0. The zero-order valence-electron chi connectivity index (χ0n) is 12.1. The highest BCUT2D eigenvalue weighted by molar-refractivity contribution is 7.18. The van der Waals surface area contributed by atoms with E-state index >= 15 is 0 Å². The number of nitrogens with one attached hydrogen (secondary N) is 1. The van der Waals surface area contributed by atoms with Gasteiger partial charge in [-0.15, -0.1) is 11.3 Å². The van der Waals surface area contributed by atoms with Gasteiger partial charge in [0.1, 0.15) is 17.0 Å². The molecule has 0 saturated carbocycles. The summed E-state index contributed by atoms with van der Waals surface area (Å²) in [6, 6.07) is -0.148. The Bertz CT molecular complexity index is 637. The van der Waals surface area contributed by atoms with Gasteiger partial charge in [-0.25, -0.2) is 9.97 Å². The molecule has 6 heteroatoms. The fraction of sp³-hybridized carbons (Fsp3) is 0.500. The summed E-state index contributed by atoms with van der Waals surface area (Å²) in [5.41, 5.74) is 1.16. The minimum Gasteiger partial charge on any atom is -0.481 e. The third kappa shape index (κ3) is 2.90. The fourth-order valence-corrected chi connectivity index (χ4v) is 3.11. The van der Waals surface area contributed by atoms with Gasteiger partial charge in [0, 0.05) is 10.9 Å². The van der Waals surface area contributed by atoms with Gasteiger partial charge in [0.15, 0.2) is 0 Å². The molecule has 108 valence electrons. The highest BCUT2D eigenvalue weighted by Gasteiger charge is 2.20. The average Bonchev–Trinajstić information content (AvgIpc) is 2.64. The monoisotopic (exact) mass is 293 g/mol. The van der Waals surface area contributed by atoms with E-state index in [1.165, 1.54) is 11.2 Å². The fourth-order valence-electron chi connectivity index (χ4n) is 2.11. The first-order valence-corrected chi connectivity index (χ1v) is 7.40. The second kappa shape index (κ2) is 5.75. The SMILES string of the molecule is Cc1sc2ncnc(NC(CC(=O)O)C(C)C)c2c1C. The molecule has 0 spiro atoms. The van der Waals surface area contributed by atoms with Crippen LogP contribution in [0.1, 0.15) is 30.7 Å². The Balaban J connectivity index is 2.39. The molecule has 0 aliphatic heterocycles. The number of carbonyl (C=O) groups is 1. The Morgan fingerprint density at radius 3 is 2.70 bits per heavy atom. The van der Waals surface area contributed by atoms with E-state index < -0.39 is 5.97 Å². The van der Waals surface area contributed by atoms with Crippen molar-refractivity contribution in [3.63, 3.8) is 0 Å². The van der Waals surface area contributed by atoms with Gasteiger partial charge >= 0.3 is 5.97 Å². The molecule has 2 rings (SSSR count). The lowest BCUT2D eigenvalue weighted by Gasteiger charge is -2.21. The minimum absolute atomic E-state index is 0.0747. The van der Waals surface area contributed by atoms with Crippen LogP contribution in [0.2, 0.25) is 0 Å². The smallest absolute Gasteiger partial charge is 0.305 e. The lowest BCUT2D eigenvalue weighted by atomic mass is 10.0. The topological polar surface area (TPSA) is 75.1 Å². The van der Waals surface area contributed by atoms with Gasteiger partial charge in [-0.2, -0.15) is 0 Å². The lowest BCUT2D eigenvalue weighted by molar-refractivity contribution is -0.137. The predicted octanol–water partition coefficient (Wildman–Crippen LogP) is 3.22. The highest BCUT2D eigenvalue weighted by atomic mass is 32.1. The zero-order valence-corrected chi connectivity index (χ0v) is 12.9. The maximum atomic E-state index is 11.0. The summed E-state index contributed by atoms with van der Waals surface area (Å²) in [5.74, 6) is 0.132. The van der Waals surface area contributed by atoms with E-state index in [1.54, 1.807) is 11.3 Å². The molecule has 2 aromatic heterocycles. The Morgan fingerprint density at radius 2 is 2.10 bits per heavy atom. The Kier molecular flexibility index (Phi) is 4.23. The van der Waals surface area contributed by atoms with Gasteiger partial charge in [0.05, 0.1) is 11.8 Å². The second-order valence-electron chi connectivity index (χ2n) is 5.28. The largest absolute Gasteiger partial charge is 0.481 e. The van der Waals surface area contributed by atoms with Crippen LogP contribution >= 0.6 is 11.3 Å². The standard InChI is InChI=1S/C14H19N3O2S/c1-7(2)10(5-11(18)19)17-13-12-8(3)9(4)20-14(12)16-6-15-13/h6-7,10H,5H2,1-4H3,(H,18,19)(H,15,16,17). The van der Waals surface area contributed by atoms with E-state index in [0.717, 1.165) is 21.6 Å². The normalized spacial score (nSPS) is 12.8. The molecule has 0 saturated heterocycles. The number of aryl methyl sites for hydroxylation is 2. The van der Waals surface area contributed by atoms with E-state index in [0.29, 0.717) is 0 Å². The quantitative estimate of drug-likeness (QED) is 0.885. The van der Waals surface area contributed by atoms with Crippen LogP contribution in [-0.2, 0) is 4.79 Å². The molecule has 1 atom stereocenters. The molecular formula is C14H19N3O2S. The van der Waals surface area contributed by atoms with Crippen molar-refractivity contribution >= 4 is 33.3 Å². The van der Waals surface area contributed by atoms with Crippen LogP contribution in [0.4, 0.5) is 5.82 Å². The van der Waals surface area contributed by atoms with Crippen molar-refractivity contribution in [2.75, 3.05) is 5.32 Å². The number of fused-ring (bicyclic) bond motifs is 1. The summed E-state index contributed by atoms with van der Waals surface area (Å²) in [4.78, 5) is 21.7. The third-order valence-corrected chi connectivity index (χ3v) is 4.60. The molecule has 20 heavy (non-hydrogen) atoms. The van der Waals surface area contributed by atoms with Crippen molar-refractivity contribution in [3.05, 3.63) is 16.8 Å². The molecule has 0 aliphatic rings. The van der Waals surface area contributed by atoms with Crippen molar-refractivity contribution < 1.29 is 9.90 Å². The Morgan fingerprint density at radius 1 is 1.40 bits per heavy atom. The van der Waals surface area contributed by atoms with Gasteiger partial charge in [-0.05, 0) is 25.3 Å². The summed E-state index contributed by atoms with van der Waals surface area (Å²) >= 11 is 1.63. The van der Waals surface area contributed by atoms with Crippen LogP contribution in [0.3, 0.4) is 0 Å². The van der Waals surface area contributed by atoms with Crippen molar-refractivity contribution in [3.8, 4) is 0 Å². The number of aromatic nitrogens is 2. The van der Waals surface area contributed by atoms with Crippen LogP contribution in [-0.4, -0.2) is 27.1 Å². The summed E-state index contributed by atoms with van der Waals surface area (Å²) in [6.07, 6.45) is 1.60. The van der Waals surface area contributed by atoms with Crippen LogP contribution in [0.5, 0.6) is 0 Å². The number of rotatable bonds is 5. The third-order valence-electron chi connectivity index (χ3n) is 3.49. The Labute approximate surface area is 122 Å². The van der Waals surface area contributed by atoms with E-state index in [4.69, 9.17) is 5.11 Å². The van der Waals surface area contributed by atoms with Crippen molar-refractivity contribution in [2.24, 2.45) is 5.92 Å². The van der Waals surface area contributed by atoms with Gasteiger partial charge in [-0.1, -0.05) is 13.8 Å². The van der Waals surface area contributed by atoms with Gasteiger partial charge in [0.25, 0.3) is 0 Å². The molecule has 5 nitrogen and oxygen atoms in total. The predicted molar refractivity (Wildman–Crippen MR) is 81.4 cm³/mol. The molecule has 2 N–H and O–H groups in total. The van der Waals surface area contributed by atoms with Gasteiger partial charge < -0.3 is 10.4 Å². The second-order valence-corrected chi connectivity index (χ2v) is 6.48. The minimum atomic E-state index is -0.806. The summed E-state index contributed by atoms with van der Waals surface area (Å²) in [5, 5.41) is 13.3. The molecule has 0 aliphatic carbocycles. The number of carboxylic acids is 1. The summed E-state index contributed by atoms with van der Waals surface area (Å²) in [6.45, 7) is 8.11. The number of nitrogens with zero attached hydrogens (tertiary/aromatic N) is 2. The molecule has 0 radical (unpaired) electrons. The van der Waals surface area contributed by atoms with Gasteiger partial charge in [0.2, 0.25) is 0 Å². The molecule has 2 heterocycles. The van der Waals surface area contributed by atoms with Crippen molar-refractivity contribution in [1.29, 1.82) is 0 Å². The first-order chi connectivity index (χ1) is 9.40. The molecule has 0 bridgehead atoms. The number of carboxylic acid groups (broad SMARTS) is 1. The molecule has 0 aromatic carbocycles. The molecule has 0 amide bonds. The van der Waals surface area contributed by atoms with E-state index in [2.05, 4.69) is 22.2 Å². The van der Waals surface area contributed by atoms with E-state index in [-0.39, 0.29) is 18.4 Å². The van der Waals surface area contributed by atoms with Gasteiger partial charge in [-0.3, -0.25) is 4.79 Å². The number of aliphatic carboxylic acids is 1. The van der Waals surface area contributed by atoms with E-state index in [1.807, 2.05) is 20.8 Å². The molecule has 1 unspecified atom stereocenters. The zero-order chi connectivity index (χ0) is 14.9. The lowest BCUT2D eigenvalue weighted by Crippen LogP contribution is -2.29. The number of anilines is 1. The van der Waals surface area contributed by atoms with Crippen LogP contribution in [0.15, 0.2) is 6.33 Å². The highest BCUT2D eigenvalue weighted by Crippen LogP contribution is 2.33. The van der Waals surface area contributed by atoms with Crippen molar-refractivity contribution in [2.45, 2.75) is 40.2 Å². The molecule has 0 fully saturated rings. The average molecular weight is 293 g/mol. The molecular weight excluding hydrogens is 274 g/mol. The van der Waals surface area contributed by atoms with Crippen LogP contribution in [0.25, 0.3) is 10.2 Å². The van der Waals surface area contributed by atoms with E-state index in [9.17, 15) is 4.79 Å². The Hall–Kier alpha value is -1.69. The number of hydrogen-bond donors (Lipinski definition) is 2. The summed E-state index contributed by atoms with van der Waals surface area (Å²) < 4.78 is 0. The number of thiophene rings is 1. The first kappa shape index (κ1) is 14.7. The van der Waals surface area contributed by atoms with Crippen LogP contribution < -0.4 is 5.32 Å². The number of hydrogen-bond acceptors (Lipinski definition) is 5.